The minimum atomic E-state index is -1.40. The number of carboxylic acid groups (broad SMARTS) is 2. The van der Waals surface area contributed by atoms with Crippen LogP contribution in [0.1, 0.15) is 118 Å². The second-order valence-electron chi connectivity index (χ2n) is 8.93. The van der Waals surface area contributed by atoms with Gasteiger partial charge >= 0.3 is 133 Å². The number of carbonyl (C=O) groups is 4. The van der Waals surface area contributed by atoms with Gasteiger partial charge in [0.25, 0.3) is 0 Å². The first-order chi connectivity index (χ1) is 18.7. The predicted molar refractivity (Wildman–Crippen MR) is 153 cm³/mol. The molecular formula is C30H52O8Sn. The Balaban J connectivity index is -0.000000519. The van der Waals surface area contributed by atoms with E-state index >= 15 is 0 Å². The summed E-state index contributed by atoms with van der Waals surface area (Å²) in [7, 11) is 0. The molecule has 0 rings (SSSR count). The van der Waals surface area contributed by atoms with Gasteiger partial charge in [-0.25, -0.2) is 9.59 Å². The summed E-state index contributed by atoms with van der Waals surface area (Å²) in [5.41, 5.74) is 0. The smallest absolute Gasteiger partial charge is 0.330 e. The topological polar surface area (TPSA) is 133 Å². The number of carboxylic acids is 2. The molecule has 8 nitrogen and oxygen atoms in total. The molecule has 0 heterocycles. The summed E-state index contributed by atoms with van der Waals surface area (Å²) in [6.45, 7) is 8.89. The fraction of sp³-hybridized carbons (Fsp3) is 0.733. The van der Waals surface area contributed by atoms with E-state index in [4.69, 9.17) is 0 Å². The van der Waals surface area contributed by atoms with Crippen molar-refractivity contribution in [2.75, 3.05) is 13.2 Å². The zero-order valence-corrected chi connectivity index (χ0v) is 27.7. The SMILES string of the molecule is CCCCCCC[CH2][Sn+2][CH2]CCCCCCC.CCCOC(=O)/C=C\C(=O)[O-].CCCOC(=O)/C=C\C(=O)[O-]. The normalized spacial score (nSPS) is 10.2. The predicted octanol–water partition coefficient (Wildman–Crippen LogP) is 4.74. The molecule has 39 heavy (non-hydrogen) atoms. The summed E-state index contributed by atoms with van der Waals surface area (Å²) in [6, 6.07) is 0. The number of aliphatic carboxylic acids is 2. The van der Waals surface area contributed by atoms with Gasteiger partial charge in [-0.05, 0) is 25.0 Å². The van der Waals surface area contributed by atoms with Crippen molar-refractivity contribution in [2.45, 2.75) is 126 Å². The third-order valence-corrected chi connectivity index (χ3v) is 9.06. The number of carbonyl (C=O) groups excluding carboxylic acids is 4. The third-order valence-electron chi connectivity index (χ3n) is 5.02. The van der Waals surface area contributed by atoms with Crippen LogP contribution in [0, 0.1) is 0 Å². The van der Waals surface area contributed by atoms with E-state index in [1.807, 2.05) is 13.8 Å². The molecule has 0 radical (unpaired) electrons. The molecule has 224 valence electrons. The third kappa shape index (κ3) is 46.4. The molecule has 0 aliphatic carbocycles. The van der Waals surface area contributed by atoms with Crippen molar-refractivity contribution in [3.63, 3.8) is 0 Å². The Bertz CT molecular complexity index is 593. The van der Waals surface area contributed by atoms with E-state index in [0.29, 0.717) is 38.2 Å². The molecule has 0 fully saturated rings. The quantitative estimate of drug-likeness (QED) is 0.0705. The fourth-order valence-electron chi connectivity index (χ4n) is 2.96. The number of esters is 2. The second kappa shape index (κ2) is 36.2. The maximum absolute atomic E-state index is 10.5. The molecule has 0 atom stereocenters. The monoisotopic (exact) mass is 660 g/mol. The fourth-order valence-corrected chi connectivity index (χ4v) is 6.53. The van der Waals surface area contributed by atoms with Crippen LogP contribution in [0.2, 0.25) is 8.87 Å². The van der Waals surface area contributed by atoms with Crippen LogP contribution in [0.15, 0.2) is 24.3 Å². The molecule has 0 aliphatic rings. The van der Waals surface area contributed by atoms with E-state index in [9.17, 15) is 29.4 Å². The first-order valence-electron chi connectivity index (χ1n) is 14.6. The molecular weight excluding hydrogens is 607 g/mol. The maximum atomic E-state index is 10.5. The molecule has 0 N–H and O–H groups in total. The molecule has 0 saturated heterocycles. The van der Waals surface area contributed by atoms with Gasteiger partial charge in [0, 0.05) is 12.2 Å². The first kappa shape index (κ1) is 41.6. The van der Waals surface area contributed by atoms with Crippen LogP contribution < -0.4 is 10.2 Å². The van der Waals surface area contributed by atoms with Crippen molar-refractivity contribution in [3.8, 4) is 0 Å². The number of hydrogen-bond acceptors (Lipinski definition) is 8. The Kier molecular flexibility index (Phi) is 38.6. The van der Waals surface area contributed by atoms with Crippen molar-refractivity contribution >= 4 is 45.0 Å². The number of hydrogen-bond donors (Lipinski definition) is 0. The van der Waals surface area contributed by atoms with Gasteiger partial charge in [-0.1, -0.05) is 13.8 Å². The molecule has 0 aromatic rings. The maximum Gasteiger partial charge on any atom is 0.330 e. The Morgan fingerprint density at radius 3 is 1.15 bits per heavy atom. The van der Waals surface area contributed by atoms with Gasteiger partial charge in [0.2, 0.25) is 0 Å². The van der Waals surface area contributed by atoms with Crippen molar-refractivity contribution in [2.24, 2.45) is 0 Å². The van der Waals surface area contributed by atoms with Crippen molar-refractivity contribution < 1.29 is 38.9 Å². The van der Waals surface area contributed by atoms with Crippen molar-refractivity contribution in [1.82, 2.24) is 0 Å². The number of ether oxygens (including phenoxy) is 2. The molecule has 0 saturated carbocycles. The van der Waals surface area contributed by atoms with Crippen LogP contribution in [-0.4, -0.2) is 58.2 Å². The van der Waals surface area contributed by atoms with Gasteiger partial charge in [-0.3, -0.25) is 0 Å². The van der Waals surface area contributed by atoms with Crippen LogP contribution in [0.4, 0.5) is 0 Å². The first-order valence-corrected chi connectivity index (χ1v) is 18.6. The van der Waals surface area contributed by atoms with Gasteiger partial charge in [0.15, 0.2) is 0 Å². The van der Waals surface area contributed by atoms with E-state index in [-0.39, 0.29) is 21.1 Å². The largest absolute Gasteiger partial charge is 0.545 e. The van der Waals surface area contributed by atoms with Gasteiger partial charge in [0.05, 0.1) is 25.2 Å². The zero-order chi connectivity index (χ0) is 30.0. The van der Waals surface area contributed by atoms with Gasteiger partial charge < -0.3 is 29.3 Å². The molecule has 0 aromatic heterocycles. The van der Waals surface area contributed by atoms with E-state index in [2.05, 4.69) is 23.3 Å². The van der Waals surface area contributed by atoms with E-state index < -0.39 is 23.9 Å². The number of rotatable bonds is 22. The van der Waals surface area contributed by atoms with E-state index in [1.165, 1.54) is 64.2 Å². The Labute approximate surface area is 247 Å². The summed E-state index contributed by atoms with van der Waals surface area (Å²) < 4.78 is 12.4. The Hall–Kier alpha value is -1.84. The van der Waals surface area contributed by atoms with Crippen molar-refractivity contribution in [1.29, 1.82) is 0 Å². The molecule has 0 aromatic carbocycles. The van der Waals surface area contributed by atoms with Gasteiger partial charge in [-0.15, -0.1) is 0 Å². The summed E-state index contributed by atoms with van der Waals surface area (Å²) in [4.78, 5) is 40.6. The Morgan fingerprint density at radius 2 is 0.846 bits per heavy atom. The minimum Gasteiger partial charge on any atom is -0.545 e. The summed E-state index contributed by atoms with van der Waals surface area (Å²) in [5, 5.41) is 19.5. The van der Waals surface area contributed by atoms with E-state index in [0.717, 1.165) is 12.2 Å². The van der Waals surface area contributed by atoms with Crippen LogP contribution >= 0.6 is 0 Å². The van der Waals surface area contributed by atoms with Crippen LogP contribution in [0.3, 0.4) is 0 Å². The van der Waals surface area contributed by atoms with Gasteiger partial charge in [-0.2, -0.15) is 0 Å². The molecule has 0 spiro atoms. The van der Waals surface area contributed by atoms with E-state index in [1.54, 1.807) is 21.7 Å². The molecule has 0 aliphatic heterocycles. The standard InChI is InChI=1S/2C8H17.2C7H10O4.Sn/c2*1-3-5-7-8-6-4-2;2*1-2-5-11-7(10)4-3-6(8)9;/h2*1,3-8H2,2H3;2*3-4H,2,5H2,1H3,(H,8,9);/q;;;;+2/p-2/b;;2*4-3-;. The van der Waals surface area contributed by atoms with Crippen LogP contribution in [-0.2, 0) is 28.7 Å². The average Bonchev–Trinajstić information content (AvgIpc) is 2.91. The van der Waals surface area contributed by atoms with Crippen molar-refractivity contribution in [3.05, 3.63) is 24.3 Å². The van der Waals surface area contributed by atoms with Gasteiger partial charge in [0.1, 0.15) is 0 Å². The second-order valence-corrected chi connectivity index (χ2v) is 13.2. The molecule has 0 amide bonds. The minimum absolute atomic E-state index is 0.0736. The molecule has 0 bridgehead atoms. The summed E-state index contributed by atoms with van der Waals surface area (Å²) in [6.07, 6.45) is 22.2. The molecule has 0 unspecified atom stereocenters. The number of unbranched alkanes of at least 4 members (excludes halogenated alkanes) is 10. The Morgan fingerprint density at radius 1 is 0.513 bits per heavy atom. The zero-order valence-electron chi connectivity index (χ0n) is 24.8. The van der Waals surface area contributed by atoms with Crippen LogP contribution in [0.25, 0.3) is 0 Å². The summed E-state index contributed by atoms with van der Waals surface area (Å²) in [5.74, 6) is -4.12. The summed E-state index contributed by atoms with van der Waals surface area (Å²) >= 11 is 0.0736. The molecule has 9 heteroatoms. The average molecular weight is 659 g/mol. The van der Waals surface area contributed by atoms with Crippen LogP contribution in [0.5, 0.6) is 0 Å².